The second kappa shape index (κ2) is 7.12. The van der Waals surface area contributed by atoms with Gasteiger partial charge >= 0.3 is 0 Å². The molecule has 0 aliphatic rings. The van der Waals surface area contributed by atoms with E-state index in [2.05, 4.69) is 39.9 Å². The zero-order valence-corrected chi connectivity index (χ0v) is 12.7. The van der Waals surface area contributed by atoms with Crippen LogP contribution in [0.2, 0.25) is 0 Å². The Morgan fingerprint density at radius 1 is 1.29 bits per heavy atom. The molecule has 0 saturated carbocycles. The molecule has 0 aliphatic heterocycles. The van der Waals surface area contributed by atoms with Crippen molar-refractivity contribution in [3.8, 4) is 0 Å². The van der Waals surface area contributed by atoms with Crippen molar-refractivity contribution >= 4 is 11.3 Å². The van der Waals surface area contributed by atoms with Crippen LogP contribution in [0.25, 0.3) is 0 Å². The van der Waals surface area contributed by atoms with E-state index >= 15 is 0 Å². The topological polar surface area (TPSA) is 24.9 Å². The molecule has 1 aromatic rings. The first-order chi connectivity index (χ1) is 8.13. The van der Waals surface area contributed by atoms with Gasteiger partial charge in [-0.05, 0) is 32.2 Å². The number of thiazole rings is 1. The third-order valence-corrected chi connectivity index (χ3v) is 4.43. The van der Waals surface area contributed by atoms with E-state index in [0.717, 1.165) is 13.0 Å². The van der Waals surface area contributed by atoms with E-state index in [1.807, 2.05) is 11.3 Å². The van der Waals surface area contributed by atoms with E-state index in [-0.39, 0.29) is 0 Å². The lowest BCUT2D eigenvalue weighted by Crippen LogP contribution is -2.27. The highest BCUT2D eigenvalue weighted by Gasteiger charge is 2.21. The van der Waals surface area contributed by atoms with E-state index < -0.39 is 0 Å². The zero-order valence-electron chi connectivity index (χ0n) is 11.8. The SMILES string of the molecule is CCCNC(c1nc(CC)c(C)s1)C(C)CC. The van der Waals surface area contributed by atoms with Crippen molar-refractivity contribution in [1.82, 2.24) is 10.3 Å². The van der Waals surface area contributed by atoms with Crippen LogP contribution in [0.15, 0.2) is 0 Å². The van der Waals surface area contributed by atoms with E-state index in [4.69, 9.17) is 4.98 Å². The molecule has 3 heteroatoms. The third kappa shape index (κ3) is 3.78. The second-order valence-corrected chi connectivity index (χ2v) is 5.96. The lowest BCUT2D eigenvalue weighted by Gasteiger charge is -2.22. The number of aryl methyl sites for hydroxylation is 2. The Morgan fingerprint density at radius 3 is 2.47 bits per heavy atom. The maximum Gasteiger partial charge on any atom is 0.110 e. The summed E-state index contributed by atoms with van der Waals surface area (Å²) in [6.07, 6.45) is 3.42. The summed E-state index contributed by atoms with van der Waals surface area (Å²) in [7, 11) is 0. The molecule has 1 rings (SSSR count). The van der Waals surface area contributed by atoms with Crippen molar-refractivity contribution in [2.24, 2.45) is 5.92 Å². The fourth-order valence-electron chi connectivity index (χ4n) is 1.98. The minimum atomic E-state index is 0.434. The summed E-state index contributed by atoms with van der Waals surface area (Å²) < 4.78 is 0. The van der Waals surface area contributed by atoms with Crippen LogP contribution in [-0.4, -0.2) is 11.5 Å². The highest BCUT2D eigenvalue weighted by Crippen LogP contribution is 2.29. The van der Waals surface area contributed by atoms with Crippen LogP contribution in [-0.2, 0) is 6.42 Å². The molecule has 0 saturated heterocycles. The predicted octanol–water partition coefficient (Wildman–Crippen LogP) is 4.10. The van der Waals surface area contributed by atoms with Crippen LogP contribution in [0, 0.1) is 12.8 Å². The molecule has 0 spiro atoms. The number of nitrogens with zero attached hydrogens (tertiary/aromatic N) is 1. The summed E-state index contributed by atoms with van der Waals surface area (Å²) in [6, 6.07) is 0.434. The van der Waals surface area contributed by atoms with Crippen LogP contribution >= 0.6 is 11.3 Å². The maximum absolute atomic E-state index is 4.81. The lowest BCUT2D eigenvalue weighted by molar-refractivity contribution is 0.375. The first-order valence-electron chi connectivity index (χ1n) is 6.83. The van der Waals surface area contributed by atoms with Crippen molar-refractivity contribution in [2.75, 3.05) is 6.54 Å². The monoisotopic (exact) mass is 254 g/mol. The van der Waals surface area contributed by atoms with Gasteiger partial charge in [0.05, 0.1) is 11.7 Å². The minimum absolute atomic E-state index is 0.434. The van der Waals surface area contributed by atoms with Gasteiger partial charge in [0.1, 0.15) is 5.01 Å². The molecule has 2 atom stereocenters. The highest BCUT2D eigenvalue weighted by atomic mass is 32.1. The Balaban J connectivity index is 2.87. The highest BCUT2D eigenvalue weighted by molar-refractivity contribution is 7.11. The molecule has 98 valence electrons. The summed E-state index contributed by atoms with van der Waals surface area (Å²) in [5, 5.41) is 4.93. The van der Waals surface area contributed by atoms with E-state index in [1.165, 1.54) is 28.4 Å². The normalized spacial score (nSPS) is 14.9. The Labute approximate surface area is 110 Å². The summed E-state index contributed by atoms with van der Waals surface area (Å²) in [5.74, 6) is 0.650. The molecule has 1 aromatic heterocycles. The van der Waals surface area contributed by atoms with Gasteiger partial charge in [-0.25, -0.2) is 4.98 Å². The molecule has 1 N–H and O–H groups in total. The predicted molar refractivity (Wildman–Crippen MR) is 76.7 cm³/mol. The number of hydrogen-bond acceptors (Lipinski definition) is 3. The molecule has 0 aromatic carbocycles. The molecule has 17 heavy (non-hydrogen) atoms. The quantitative estimate of drug-likeness (QED) is 0.792. The Bertz CT molecular complexity index is 333. The molecule has 2 unspecified atom stereocenters. The molecule has 1 heterocycles. The average molecular weight is 254 g/mol. The van der Waals surface area contributed by atoms with Gasteiger partial charge in [-0.3, -0.25) is 0 Å². The molecule has 0 fully saturated rings. The maximum atomic E-state index is 4.81. The van der Waals surface area contributed by atoms with Crippen LogP contribution in [0.5, 0.6) is 0 Å². The molecule has 2 nitrogen and oxygen atoms in total. The van der Waals surface area contributed by atoms with Crippen LogP contribution in [0.4, 0.5) is 0 Å². The second-order valence-electron chi connectivity index (χ2n) is 4.73. The largest absolute Gasteiger partial charge is 0.308 e. The van der Waals surface area contributed by atoms with Crippen molar-refractivity contribution in [3.63, 3.8) is 0 Å². The zero-order chi connectivity index (χ0) is 12.8. The van der Waals surface area contributed by atoms with Gasteiger partial charge < -0.3 is 5.32 Å². The van der Waals surface area contributed by atoms with Gasteiger partial charge in [0.25, 0.3) is 0 Å². The Kier molecular flexibility index (Phi) is 6.14. The first-order valence-corrected chi connectivity index (χ1v) is 7.65. The first kappa shape index (κ1) is 14.7. The summed E-state index contributed by atoms with van der Waals surface area (Å²) in [6.45, 7) is 12.2. The molecule has 0 amide bonds. The fraction of sp³-hybridized carbons (Fsp3) is 0.786. The lowest BCUT2D eigenvalue weighted by atomic mass is 9.99. The van der Waals surface area contributed by atoms with Crippen molar-refractivity contribution in [3.05, 3.63) is 15.6 Å². The van der Waals surface area contributed by atoms with Gasteiger partial charge in [-0.15, -0.1) is 11.3 Å². The molecule has 0 aliphatic carbocycles. The Morgan fingerprint density at radius 2 is 2.00 bits per heavy atom. The van der Waals surface area contributed by atoms with Crippen LogP contribution in [0.1, 0.15) is 62.2 Å². The number of nitrogens with one attached hydrogen (secondary N) is 1. The minimum Gasteiger partial charge on any atom is -0.308 e. The Hall–Kier alpha value is -0.410. The average Bonchev–Trinajstić information content (AvgIpc) is 2.70. The van der Waals surface area contributed by atoms with E-state index in [0.29, 0.717) is 12.0 Å². The molecular weight excluding hydrogens is 228 g/mol. The van der Waals surface area contributed by atoms with E-state index in [1.54, 1.807) is 0 Å². The van der Waals surface area contributed by atoms with Crippen molar-refractivity contribution in [1.29, 1.82) is 0 Å². The van der Waals surface area contributed by atoms with Gasteiger partial charge in [-0.2, -0.15) is 0 Å². The third-order valence-electron chi connectivity index (χ3n) is 3.34. The van der Waals surface area contributed by atoms with Crippen molar-refractivity contribution in [2.45, 2.75) is 59.9 Å². The molecule has 0 bridgehead atoms. The molecule has 0 radical (unpaired) electrons. The number of rotatable bonds is 7. The van der Waals surface area contributed by atoms with Gasteiger partial charge in [0.15, 0.2) is 0 Å². The van der Waals surface area contributed by atoms with E-state index in [9.17, 15) is 0 Å². The summed E-state index contributed by atoms with van der Waals surface area (Å²) >= 11 is 1.87. The summed E-state index contributed by atoms with van der Waals surface area (Å²) in [5.41, 5.74) is 1.27. The van der Waals surface area contributed by atoms with Gasteiger partial charge in [-0.1, -0.05) is 34.1 Å². The van der Waals surface area contributed by atoms with Gasteiger partial charge in [0.2, 0.25) is 0 Å². The fourth-order valence-corrected chi connectivity index (χ4v) is 3.20. The molecular formula is C14H26N2S. The number of aromatic nitrogens is 1. The van der Waals surface area contributed by atoms with Crippen LogP contribution in [0.3, 0.4) is 0 Å². The van der Waals surface area contributed by atoms with Gasteiger partial charge in [0, 0.05) is 4.88 Å². The smallest absolute Gasteiger partial charge is 0.110 e. The van der Waals surface area contributed by atoms with Crippen LogP contribution < -0.4 is 5.32 Å². The number of hydrogen-bond donors (Lipinski definition) is 1. The standard InChI is InChI=1S/C14H26N2S/c1-6-9-15-13(10(4)7-2)14-16-12(8-3)11(5)17-14/h10,13,15H,6-9H2,1-5H3. The van der Waals surface area contributed by atoms with Crippen molar-refractivity contribution < 1.29 is 0 Å². The summed E-state index contributed by atoms with van der Waals surface area (Å²) in [4.78, 5) is 6.19.